The molecule has 1 aliphatic rings. The van der Waals surface area contributed by atoms with Gasteiger partial charge in [0.25, 0.3) is 0 Å². The van der Waals surface area contributed by atoms with Crippen molar-refractivity contribution in [1.29, 1.82) is 0 Å². The highest BCUT2D eigenvalue weighted by atomic mass is 16.1. The molecule has 1 saturated heterocycles. The Balaban J connectivity index is 2.30. The number of amides is 1. The van der Waals surface area contributed by atoms with Crippen LogP contribution >= 0.6 is 0 Å². The van der Waals surface area contributed by atoms with E-state index in [0.717, 1.165) is 13.0 Å². The van der Waals surface area contributed by atoms with E-state index in [1.165, 1.54) is 0 Å². The smallest absolute Gasteiger partial charge is 0.222 e. The summed E-state index contributed by atoms with van der Waals surface area (Å²) in [7, 11) is 0. The second-order valence-electron chi connectivity index (χ2n) is 5.76. The molecule has 0 aromatic carbocycles. The fraction of sp³-hybridized carbons (Fsp3) is 0.917. The number of nitrogens with two attached hydrogens (primary N) is 1. The van der Waals surface area contributed by atoms with Crippen LogP contribution in [0, 0.1) is 11.8 Å². The van der Waals surface area contributed by atoms with E-state index in [2.05, 4.69) is 24.5 Å². The van der Waals surface area contributed by atoms with Crippen molar-refractivity contribution >= 4 is 5.91 Å². The molecule has 0 aliphatic carbocycles. The largest absolute Gasteiger partial charge is 0.354 e. The maximum Gasteiger partial charge on any atom is 0.222 e. The van der Waals surface area contributed by atoms with Crippen LogP contribution in [0.5, 0.6) is 0 Å². The highest BCUT2D eigenvalue weighted by Crippen LogP contribution is 2.23. The molecule has 1 rings (SSSR count). The molecular formula is C12H25N3O. The van der Waals surface area contributed by atoms with Crippen LogP contribution in [0.1, 0.15) is 34.1 Å². The van der Waals surface area contributed by atoms with Crippen molar-refractivity contribution in [2.75, 3.05) is 13.1 Å². The van der Waals surface area contributed by atoms with Gasteiger partial charge in [0, 0.05) is 30.6 Å². The third-order valence-corrected chi connectivity index (χ3v) is 3.32. The molecule has 4 heteroatoms. The lowest BCUT2D eigenvalue weighted by molar-refractivity contribution is -0.124. The number of carbonyl (C=O) groups is 1. The molecule has 1 heterocycles. The van der Waals surface area contributed by atoms with Gasteiger partial charge in [-0.15, -0.1) is 0 Å². The quantitative estimate of drug-likeness (QED) is 0.654. The number of hydrogen-bond donors (Lipinski definition) is 3. The van der Waals surface area contributed by atoms with Gasteiger partial charge in [-0.05, 0) is 26.2 Å². The summed E-state index contributed by atoms with van der Waals surface area (Å²) in [4.78, 5) is 11.4. The first-order chi connectivity index (χ1) is 7.30. The summed E-state index contributed by atoms with van der Waals surface area (Å²) in [5.74, 6) is 0.675. The lowest BCUT2D eigenvalue weighted by Crippen LogP contribution is -2.41. The number of hydrogen-bond acceptors (Lipinski definition) is 3. The minimum atomic E-state index is -0.135. The first-order valence-electron chi connectivity index (χ1n) is 6.10. The Morgan fingerprint density at radius 3 is 2.62 bits per heavy atom. The molecule has 1 aliphatic heterocycles. The summed E-state index contributed by atoms with van der Waals surface area (Å²) in [5.41, 5.74) is 5.94. The van der Waals surface area contributed by atoms with Crippen molar-refractivity contribution in [2.45, 2.75) is 45.7 Å². The van der Waals surface area contributed by atoms with Crippen LogP contribution in [0.15, 0.2) is 0 Å². The highest BCUT2D eigenvalue weighted by Gasteiger charge is 2.33. The van der Waals surface area contributed by atoms with E-state index in [-0.39, 0.29) is 17.4 Å². The van der Waals surface area contributed by atoms with Gasteiger partial charge in [0.1, 0.15) is 0 Å². The zero-order chi connectivity index (χ0) is 12.3. The SMILES string of the molecule is CC(C)C(=O)NC[C@@H]1CC(C(C)(C)N)CN1. The van der Waals surface area contributed by atoms with Crippen LogP contribution < -0.4 is 16.4 Å². The van der Waals surface area contributed by atoms with Gasteiger partial charge in [-0.1, -0.05) is 13.8 Å². The lowest BCUT2D eigenvalue weighted by Gasteiger charge is -2.26. The van der Waals surface area contributed by atoms with Crippen LogP contribution in [-0.2, 0) is 4.79 Å². The monoisotopic (exact) mass is 227 g/mol. The summed E-state index contributed by atoms with van der Waals surface area (Å²) >= 11 is 0. The van der Waals surface area contributed by atoms with E-state index >= 15 is 0 Å². The van der Waals surface area contributed by atoms with Crippen molar-refractivity contribution < 1.29 is 4.79 Å². The van der Waals surface area contributed by atoms with Crippen LogP contribution in [0.25, 0.3) is 0 Å². The molecule has 4 nitrogen and oxygen atoms in total. The Labute approximate surface area is 98.3 Å². The highest BCUT2D eigenvalue weighted by molar-refractivity contribution is 5.77. The van der Waals surface area contributed by atoms with Gasteiger partial charge >= 0.3 is 0 Å². The standard InChI is InChI=1S/C12H25N3O/c1-8(2)11(16)15-7-10-5-9(6-14-10)12(3,4)13/h8-10,14H,5-7,13H2,1-4H3,(H,15,16)/t9?,10-/m0/s1. The van der Waals surface area contributed by atoms with Crippen LogP contribution in [0.2, 0.25) is 0 Å². The number of carbonyl (C=O) groups excluding carboxylic acids is 1. The second-order valence-corrected chi connectivity index (χ2v) is 5.76. The van der Waals surface area contributed by atoms with Gasteiger partial charge in [-0.25, -0.2) is 0 Å². The van der Waals surface area contributed by atoms with E-state index in [1.54, 1.807) is 0 Å². The molecule has 4 N–H and O–H groups in total. The molecular weight excluding hydrogens is 202 g/mol. The van der Waals surface area contributed by atoms with Gasteiger partial charge in [0.2, 0.25) is 5.91 Å². The average molecular weight is 227 g/mol. The minimum Gasteiger partial charge on any atom is -0.354 e. The van der Waals surface area contributed by atoms with Crippen molar-refractivity contribution in [2.24, 2.45) is 17.6 Å². The summed E-state index contributed by atoms with van der Waals surface area (Å²) in [6, 6.07) is 0.371. The maximum atomic E-state index is 11.4. The Morgan fingerprint density at radius 2 is 2.19 bits per heavy atom. The molecule has 0 saturated carbocycles. The third kappa shape index (κ3) is 3.76. The molecule has 0 radical (unpaired) electrons. The first-order valence-corrected chi connectivity index (χ1v) is 6.10. The van der Waals surface area contributed by atoms with Gasteiger partial charge < -0.3 is 16.4 Å². The summed E-state index contributed by atoms with van der Waals surface area (Å²) in [5, 5.41) is 6.37. The van der Waals surface area contributed by atoms with Gasteiger partial charge in [-0.3, -0.25) is 4.79 Å². The lowest BCUT2D eigenvalue weighted by atomic mass is 9.86. The van der Waals surface area contributed by atoms with Crippen molar-refractivity contribution in [3.8, 4) is 0 Å². The molecule has 1 amide bonds. The van der Waals surface area contributed by atoms with Crippen molar-refractivity contribution in [1.82, 2.24) is 10.6 Å². The molecule has 16 heavy (non-hydrogen) atoms. The normalized spacial score (nSPS) is 26.1. The minimum absolute atomic E-state index is 0.0585. The number of rotatable bonds is 4. The van der Waals surface area contributed by atoms with Crippen LogP contribution in [0.4, 0.5) is 0 Å². The topological polar surface area (TPSA) is 67.2 Å². The molecule has 0 aromatic rings. The summed E-state index contributed by atoms with van der Waals surface area (Å²) in [6.07, 6.45) is 1.04. The van der Waals surface area contributed by atoms with Crippen LogP contribution in [0.3, 0.4) is 0 Å². The van der Waals surface area contributed by atoms with Gasteiger partial charge in [-0.2, -0.15) is 0 Å². The zero-order valence-corrected chi connectivity index (χ0v) is 10.8. The molecule has 0 bridgehead atoms. The molecule has 0 aromatic heterocycles. The van der Waals surface area contributed by atoms with Crippen LogP contribution in [-0.4, -0.2) is 30.6 Å². The Morgan fingerprint density at radius 1 is 1.56 bits per heavy atom. The molecule has 1 unspecified atom stereocenters. The van der Waals surface area contributed by atoms with E-state index in [9.17, 15) is 4.79 Å². The Bertz CT molecular complexity index is 245. The maximum absolute atomic E-state index is 11.4. The van der Waals surface area contributed by atoms with E-state index in [4.69, 9.17) is 5.73 Å². The first kappa shape index (κ1) is 13.5. The predicted octanol–water partition coefficient (Wildman–Crippen LogP) is 0.474. The Hall–Kier alpha value is -0.610. The third-order valence-electron chi connectivity index (χ3n) is 3.32. The van der Waals surface area contributed by atoms with E-state index in [0.29, 0.717) is 18.5 Å². The second kappa shape index (κ2) is 5.15. The van der Waals surface area contributed by atoms with Crippen molar-refractivity contribution in [3.05, 3.63) is 0 Å². The molecule has 1 fully saturated rings. The average Bonchev–Trinajstić information content (AvgIpc) is 2.61. The fourth-order valence-electron chi connectivity index (χ4n) is 1.97. The molecule has 94 valence electrons. The van der Waals surface area contributed by atoms with E-state index < -0.39 is 0 Å². The van der Waals surface area contributed by atoms with Gasteiger partial charge in [0.15, 0.2) is 0 Å². The zero-order valence-electron chi connectivity index (χ0n) is 10.8. The van der Waals surface area contributed by atoms with Crippen molar-refractivity contribution in [3.63, 3.8) is 0 Å². The van der Waals surface area contributed by atoms with Gasteiger partial charge in [0.05, 0.1) is 0 Å². The molecule has 2 atom stereocenters. The fourth-order valence-corrected chi connectivity index (χ4v) is 1.97. The molecule has 0 spiro atoms. The summed E-state index contributed by atoms with van der Waals surface area (Å²) < 4.78 is 0. The van der Waals surface area contributed by atoms with E-state index in [1.807, 2.05) is 13.8 Å². The summed E-state index contributed by atoms with van der Waals surface area (Å²) in [6.45, 7) is 9.60. The Kier molecular flexibility index (Phi) is 4.33. The number of nitrogens with one attached hydrogen (secondary N) is 2. The predicted molar refractivity (Wildman–Crippen MR) is 66.0 cm³/mol.